The Hall–Kier alpha value is -2.01. The van der Waals surface area contributed by atoms with Gasteiger partial charge < -0.3 is 4.74 Å². The quantitative estimate of drug-likeness (QED) is 0.236. The van der Waals surface area contributed by atoms with E-state index in [0.29, 0.717) is 19.6 Å². The first kappa shape index (κ1) is 36.0. The van der Waals surface area contributed by atoms with E-state index in [1.54, 1.807) is 20.8 Å². The number of halogens is 17. The summed E-state index contributed by atoms with van der Waals surface area (Å²) in [6, 6.07) is 4.56. The number of hydrogen-bond donors (Lipinski definition) is 0. The Kier molecular flexibility index (Phi) is 8.81. The fraction of sp³-hybridized carbons (Fsp3) is 0.727. The summed E-state index contributed by atoms with van der Waals surface area (Å²) in [5.74, 6) is -56.7. The molecule has 0 N–H and O–H groups in total. The molecule has 1 aromatic rings. The SMILES string of the molecule is COC(C)(CC(F)(F)C(F)(F)C(F)(F)C(F)(F)C(F)(F)C(F)(F)C(F)(F)C(F)(F)F)c1cccc(C(C)(C)C)c1. The third kappa shape index (κ3) is 5.21. The van der Waals surface area contributed by atoms with Gasteiger partial charge in [-0.1, -0.05) is 45.0 Å². The minimum atomic E-state index is -8.66. The van der Waals surface area contributed by atoms with Crippen molar-refractivity contribution >= 4 is 0 Å². The van der Waals surface area contributed by atoms with Gasteiger partial charge in [-0.2, -0.15) is 74.6 Å². The molecule has 0 spiro atoms. The molecule has 0 bridgehead atoms. The largest absolute Gasteiger partial charge is 0.460 e. The zero-order chi connectivity index (χ0) is 32.4. The molecule has 0 aromatic heterocycles. The standard InChI is InChI=1S/C22H21F17O/c1-13(2,3)11-7-6-8-12(9-11)14(4,40-5)10-15(23,24)16(25,26)17(27,28)18(29,30)19(31,32)20(33,34)21(35,36)22(37,38)39/h6-9H,10H2,1-5H3. The highest BCUT2D eigenvalue weighted by molar-refractivity contribution is 5.32. The summed E-state index contributed by atoms with van der Waals surface area (Å²) in [7, 11) is 0.568. The molecule has 1 atom stereocenters. The molecular weight excluding hydrogens is 603 g/mol. The molecule has 0 aliphatic heterocycles. The maximum Gasteiger partial charge on any atom is 0.460 e. The Morgan fingerprint density at radius 3 is 1.23 bits per heavy atom. The summed E-state index contributed by atoms with van der Waals surface area (Å²) < 4.78 is 235. The maximum absolute atomic E-state index is 14.6. The van der Waals surface area contributed by atoms with E-state index in [4.69, 9.17) is 0 Å². The fourth-order valence-electron chi connectivity index (χ4n) is 3.34. The van der Waals surface area contributed by atoms with Crippen molar-refractivity contribution in [2.45, 2.75) is 92.8 Å². The van der Waals surface area contributed by atoms with Gasteiger partial charge in [0.2, 0.25) is 0 Å². The molecule has 0 saturated carbocycles. The van der Waals surface area contributed by atoms with Crippen molar-refractivity contribution in [2.75, 3.05) is 7.11 Å². The topological polar surface area (TPSA) is 9.23 Å². The van der Waals surface area contributed by atoms with Crippen LogP contribution >= 0.6 is 0 Å². The minimum Gasteiger partial charge on any atom is -0.374 e. The van der Waals surface area contributed by atoms with Crippen molar-refractivity contribution in [2.24, 2.45) is 0 Å². The van der Waals surface area contributed by atoms with E-state index in [1.165, 1.54) is 6.07 Å². The van der Waals surface area contributed by atoms with Crippen molar-refractivity contribution in [3.05, 3.63) is 35.4 Å². The van der Waals surface area contributed by atoms with Crippen molar-refractivity contribution in [3.63, 3.8) is 0 Å². The zero-order valence-corrected chi connectivity index (χ0v) is 20.9. The van der Waals surface area contributed by atoms with E-state index in [-0.39, 0.29) is 0 Å². The van der Waals surface area contributed by atoms with Crippen LogP contribution in [0.5, 0.6) is 0 Å². The Balaban J connectivity index is 3.70. The van der Waals surface area contributed by atoms with Crippen LogP contribution in [0.15, 0.2) is 24.3 Å². The van der Waals surface area contributed by atoms with Gasteiger partial charge in [0.05, 0.1) is 12.0 Å². The molecule has 0 fully saturated rings. The maximum atomic E-state index is 14.6. The van der Waals surface area contributed by atoms with Crippen LogP contribution in [0.3, 0.4) is 0 Å². The van der Waals surface area contributed by atoms with Crippen LogP contribution < -0.4 is 0 Å². The summed E-state index contributed by atoms with van der Waals surface area (Å²) in [6.45, 7) is 5.31. The highest BCUT2D eigenvalue weighted by Gasteiger charge is 2.95. The lowest BCUT2D eigenvalue weighted by Crippen LogP contribution is -2.74. The first-order chi connectivity index (χ1) is 17.2. The minimum absolute atomic E-state index is 0.313. The van der Waals surface area contributed by atoms with Crippen molar-refractivity contribution in [3.8, 4) is 0 Å². The lowest BCUT2D eigenvalue weighted by atomic mass is 9.80. The van der Waals surface area contributed by atoms with E-state index in [9.17, 15) is 74.6 Å². The van der Waals surface area contributed by atoms with E-state index >= 15 is 0 Å². The first-order valence-electron chi connectivity index (χ1n) is 10.6. The van der Waals surface area contributed by atoms with Gasteiger partial charge in [0.25, 0.3) is 0 Å². The lowest BCUT2D eigenvalue weighted by Gasteiger charge is -2.44. The molecule has 1 aromatic carbocycles. The molecule has 1 nitrogen and oxygen atoms in total. The molecule has 0 saturated heterocycles. The van der Waals surface area contributed by atoms with Gasteiger partial charge in [-0.05, 0) is 23.5 Å². The van der Waals surface area contributed by atoms with E-state index in [1.807, 2.05) is 0 Å². The molecule has 0 aliphatic carbocycles. The van der Waals surface area contributed by atoms with Gasteiger partial charge in [-0.25, -0.2) is 0 Å². The first-order valence-corrected chi connectivity index (χ1v) is 10.6. The molecule has 1 unspecified atom stereocenters. The number of ether oxygens (including phenoxy) is 1. The van der Waals surface area contributed by atoms with Crippen LogP contribution in [0, 0.1) is 0 Å². The van der Waals surface area contributed by atoms with E-state index < -0.39 is 70.6 Å². The van der Waals surface area contributed by atoms with Crippen LogP contribution in [-0.4, -0.2) is 54.7 Å². The predicted octanol–water partition coefficient (Wildman–Crippen LogP) is 9.25. The van der Waals surface area contributed by atoms with Crippen molar-refractivity contribution in [1.29, 1.82) is 0 Å². The van der Waals surface area contributed by atoms with Gasteiger partial charge in [-0.15, -0.1) is 0 Å². The molecule has 1 rings (SSSR count). The molecule has 0 radical (unpaired) electrons. The summed E-state index contributed by atoms with van der Waals surface area (Å²) in [5, 5.41) is 0. The predicted molar refractivity (Wildman–Crippen MR) is 105 cm³/mol. The van der Waals surface area contributed by atoms with Crippen LogP contribution in [0.25, 0.3) is 0 Å². The number of rotatable bonds is 10. The summed E-state index contributed by atoms with van der Waals surface area (Å²) in [6.07, 6.45) is -10.5. The number of hydrogen-bond acceptors (Lipinski definition) is 1. The van der Waals surface area contributed by atoms with E-state index in [2.05, 4.69) is 4.74 Å². The van der Waals surface area contributed by atoms with Gasteiger partial charge in [0.1, 0.15) is 0 Å². The van der Waals surface area contributed by atoms with Crippen LogP contribution in [0.2, 0.25) is 0 Å². The number of benzene rings is 1. The van der Waals surface area contributed by atoms with Crippen LogP contribution in [0.1, 0.15) is 45.2 Å². The second-order valence-electron chi connectivity index (χ2n) is 10.1. The summed E-state index contributed by atoms with van der Waals surface area (Å²) in [4.78, 5) is 0. The molecule has 40 heavy (non-hydrogen) atoms. The normalized spacial score (nSPS) is 17.1. The zero-order valence-electron chi connectivity index (χ0n) is 20.9. The van der Waals surface area contributed by atoms with Crippen molar-refractivity contribution in [1.82, 2.24) is 0 Å². The number of alkyl halides is 17. The Morgan fingerprint density at radius 1 is 0.525 bits per heavy atom. The molecular formula is C22H21F17O. The highest BCUT2D eigenvalue weighted by atomic mass is 19.4. The molecule has 0 amide bonds. The average molecular weight is 624 g/mol. The van der Waals surface area contributed by atoms with Gasteiger partial charge in [-0.3, -0.25) is 0 Å². The van der Waals surface area contributed by atoms with Crippen LogP contribution in [-0.2, 0) is 15.8 Å². The smallest absolute Gasteiger partial charge is 0.374 e. The van der Waals surface area contributed by atoms with Crippen molar-refractivity contribution < 1.29 is 79.4 Å². The summed E-state index contributed by atoms with van der Waals surface area (Å²) in [5.41, 5.74) is -3.70. The summed E-state index contributed by atoms with van der Waals surface area (Å²) >= 11 is 0. The van der Waals surface area contributed by atoms with Gasteiger partial charge >= 0.3 is 47.6 Å². The Morgan fingerprint density at radius 2 is 0.875 bits per heavy atom. The number of methoxy groups -OCH3 is 1. The van der Waals surface area contributed by atoms with Crippen LogP contribution in [0.4, 0.5) is 74.6 Å². The lowest BCUT2D eigenvalue weighted by molar-refractivity contribution is -0.462. The monoisotopic (exact) mass is 624 g/mol. The van der Waals surface area contributed by atoms with Gasteiger partial charge in [0, 0.05) is 7.11 Å². The molecule has 0 aliphatic rings. The molecule has 0 heterocycles. The molecule has 234 valence electrons. The second kappa shape index (κ2) is 9.78. The highest BCUT2D eigenvalue weighted by Crippen LogP contribution is 2.64. The Bertz CT molecular complexity index is 1050. The molecule has 18 heteroatoms. The fourth-order valence-corrected chi connectivity index (χ4v) is 3.34. The third-order valence-electron chi connectivity index (χ3n) is 6.14. The van der Waals surface area contributed by atoms with E-state index in [0.717, 1.165) is 18.2 Å². The second-order valence-corrected chi connectivity index (χ2v) is 10.1. The average Bonchev–Trinajstić information content (AvgIpc) is 2.76. The third-order valence-corrected chi connectivity index (χ3v) is 6.14. The van der Waals surface area contributed by atoms with Gasteiger partial charge in [0.15, 0.2) is 0 Å². The Labute approximate surface area is 215 Å².